The normalized spacial score (nSPS) is 10.2. The van der Waals surface area contributed by atoms with Gasteiger partial charge in [0.05, 0.1) is 12.2 Å². The van der Waals surface area contributed by atoms with E-state index >= 15 is 0 Å². The summed E-state index contributed by atoms with van der Waals surface area (Å²) in [5, 5.41) is 20.8. The first-order valence-corrected chi connectivity index (χ1v) is 6.00. The Bertz CT molecular complexity index is 549. The molecular formula is C10H12N6S. The number of nitrogens with zero attached hydrogens (tertiary/aromatic N) is 5. The number of hydrogen-bond donors (Lipinski definition) is 1. The van der Waals surface area contributed by atoms with Crippen molar-refractivity contribution in [3.8, 4) is 6.07 Å². The van der Waals surface area contributed by atoms with Gasteiger partial charge in [-0.2, -0.15) is 9.64 Å². The maximum Gasteiger partial charge on any atom is 0.152 e. The molecular weight excluding hydrogens is 236 g/mol. The Kier molecular flexibility index (Phi) is 3.35. The molecule has 7 heteroatoms. The number of nitriles is 1. The average molecular weight is 248 g/mol. The fourth-order valence-electron chi connectivity index (χ4n) is 1.46. The molecule has 2 aromatic heterocycles. The molecule has 0 unspecified atom stereocenters. The third kappa shape index (κ3) is 2.26. The number of hydrogen-bond acceptors (Lipinski definition) is 6. The summed E-state index contributed by atoms with van der Waals surface area (Å²) >= 11 is 1.29. The van der Waals surface area contributed by atoms with E-state index in [-0.39, 0.29) is 0 Å². The highest BCUT2D eigenvalue weighted by Gasteiger charge is 2.10. The monoisotopic (exact) mass is 248 g/mol. The molecule has 17 heavy (non-hydrogen) atoms. The third-order valence-corrected chi connectivity index (χ3v) is 3.31. The summed E-state index contributed by atoms with van der Waals surface area (Å²) in [7, 11) is 0. The minimum absolute atomic E-state index is 0.546. The van der Waals surface area contributed by atoms with E-state index in [9.17, 15) is 0 Å². The maximum absolute atomic E-state index is 8.99. The number of anilines is 1. The van der Waals surface area contributed by atoms with Gasteiger partial charge in [-0.05, 0) is 25.4 Å². The minimum Gasteiger partial charge on any atom is -0.367 e. The van der Waals surface area contributed by atoms with Gasteiger partial charge < -0.3 is 9.88 Å². The summed E-state index contributed by atoms with van der Waals surface area (Å²) in [6, 6.07) is 2.15. The smallest absolute Gasteiger partial charge is 0.152 e. The minimum atomic E-state index is 0.546. The second kappa shape index (κ2) is 4.93. The lowest BCUT2D eigenvalue weighted by Crippen LogP contribution is -2.07. The molecule has 1 N–H and O–H groups in total. The van der Waals surface area contributed by atoms with Crippen molar-refractivity contribution >= 4 is 16.5 Å². The van der Waals surface area contributed by atoms with Crippen LogP contribution >= 0.6 is 11.5 Å². The Morgan fingerprint density at radius 2 is 2.41 bits per heavy atom. The van der Waals surface area contributed by atoms with Gasteiger partial charge in [0.1, 0.15) is 23.0 Å². The van der Waals surface area contributed by atoms with Gasteiger partial charge in [-0.25, -0.2) is 0 Å². The van der Waals surface area contributed by atoms with Crippen molar-refractivity contribution in [2.24, 2.45) is 0 Å². The molecule has 0 aromatic carbocycles. The van der Waals surface area contributed by atoms with Crippen molar-refractivity contribution in [2.45, 2.75) is 26.9 Å². The summed E-state index contributed by atoms with van der Waals surface area (Å²) in [5.41, 5.74) is 1.37. The van der Waals surface area contributed by atoms with Crippen molar-refractivity contribution < 1.29 is 0 Å². The van der Waals surface area contributed by atoms with Crippen molar-refractivity contribution in [1.29, 1.82) is 5.26 Å². The van der Waals surface area contributed by atoms with E-state index in [0.717, 1.165) is 23.1 Å². The lowest BCUT2D eigenvalue weighted by atomic mass is 10.3. The highest BCUT2D eigenvalue weighted by Crippen LogP contribution is 2.23. The predicted molar refractivity (Wildman–Crippen MR) is 64.6 cm³/mol. The molecule has 0 aliphatic heterocycles. The zero-order valence-electron chi connectivity index (χ0n) is 9.64. The SMILES string of the molecule is CCn1cnnc1CNc1snc(C)c1C#N. The number of rotatable bonds is 4. The van der Waals surface area contributed by atoms with Crippen molar-refractivity contribution in [2.75, 3.05) is 5.32 Å². The van der Waals surface area contributed by atoms with E-state index in [4.69, 9.17) is 5.26 Å². The maximum atomic E-state index is 8.99. The fourth-order valence-corrected chi connectivity index (χ4v) is 2.20. The number of nitrogens with one attached hydrogen (secondary N) is 1. The molecule has 0 radical (unpaired) electrons. The molecule has 0 aliphatic carbocycles. The molecule has 2 rings (SSSR count). The van der Waals surface area contributed by atoms with E-state index in [2.05, 4.69) is 26.0 Å². The topological polar surface area (TPSA) is 79.4 Å². The van der Waals surface area contributed by atoms with Crippen LogP contribution < -0.4 is 5.32 Å². The van der Waals surface area contributed by atoms with E-state index in [1.54, 1.807) is 6.33 Å². The Labute approximate surface area is 103 Å². The van der Waals surface area contributed by atoms with Crippen LogP contribution in [0.15, 0.2) is 6.33 Å². The van der Waals surface area contributed by atoms with Crippen LogP contribution in [0.1, 0.15) is 24.0 Å². The molecule has 0 spiro atoms. The van der Waals surface area contributed by atoms with Crippen molar-refractivity contribution in [3.05, 3.63) is 23.4 Å². The van der Waals surface area contributed by atoms with Crippen LogP contribution in [0.3, 0.4) is 0 Å². The second-order valence-electron chi connectivity index (χ2n) is 3.47. The standard InChI is InChI=1S/C10H12N6S/c1-3-16-6-13-14-9(16)5-12-10-8(4-11)7(2)15-17-10/h6,12H,3,5H2,1-2H3. The van der Waals surface area contributed by atoms with E-state index in [0.29, 0.717) is 12.1 Å². The van der Waals surface area contributed by atoms with Gasteiger partial charge in [-0.3, -0.25) is 0 Å². The summed E-state index contributed by atoms with van der Waals surface area (Å²) < 4.78 is 6.10. The molecule has 0 saturated heterocycles. The molecule has 0 bridgehead atoms. The van der Waals surface area contributed by atoms with Crippen LogP contribution in [0.4, 0.5) is 5.00 Å². The van der Waals surface area contributed by atoms with Crippen LogP contribution in [0.25, 0.3) is 0 Å². The Hall–Kier alpha value is -1.94. The van der Waals surface area contributed by atoms with Gasteiger partial charge in [0, 0.05) is 6.54 Å². The van der Waals surface area contributed by atoms with E-state index < -0.39 is 0 Å². The molecule has 2 heterocycles. The van der Waals surface area contributed by atoms with E-state index in [1.165, 1.54) is 11.5 Å². The summed E-state index contributed by atoms with van der Waals surface area (Å²) in [6.45, 7) is 5.24. The van der Waals surface area contributed by atoms with Gasteiger partial charge in [-0.1, -0.05) is 0 Å². The second-order valence-corrected chi connectivity index (χ2v) is 4.24. The Balaban J connectivity index is 2.10. The lowest BCUT2D eigenvalue weighted by Gasteiger charge is -2.04. The zero-order valence-corrected chi connectivity index (χ0v) is 10.5. The molecule has 0 atom stereocenters. The largest absolute Gasteiger partial charge is 0.367 e. The van der Waals surface area contributed by atoms with Gasteiger partial charge >= 0.3 is 0 Å². The molecule has 2 aromatic rings. The van der Waals surface area contributed by atoms with E-state index in [1.807, 2.05) is 18.4 Å². The van der Waals surface area contributed by atoms with Crippen molar-refractivity contribution in [1.82, 2.24) is 19.1 Å². The molecule has 88 valence electrons. The van der Waals surface area contributed by atoms with Crippen LogP contribution in [0.2, 0.25) is 0 Å². The first-order chi connectivity index (χ1) is 8.26. The van der Waals surface area contributed by atoms with Crippen molar-refractivity contribution in [3.63, 3.8) is 0 Å². The molecule has 6 nitrogen and oxygen atoms in total. The van der Waals surface area contributed by atoms with Crippen LogP contribution in [0.5, 0.6) is 0 Å². The van der Waals surface area contributed by atoms with Gasteiger partial charge in [0.25, 0.3) is 0 Å². The fraction of sp³-hybridized carbons (Fsp3) is 0.400. The third-order valence-electron chi connectivity index (χ3n) is 2.42. The first-order valence-electron chi connectivity index (χ1n) is 5.23. The van der Waals surface area contributed by atoms with Gasteiger partial charge in [-0.15, -0.1) is 10.2 Å². The lowest BCUT2D eigenvalue weighted by molar-refractivity contribution is 0.708. The number of aryl methyl sites for hydroxylation is 2. The molecule has 0 fully saturated rings. The average Bonchev–Trinajstić information content (AvgIpc) is 2.92. The highest BCUT2D eigenvalue weighted by atomic mass is 32.1. The highest BCUT2D eigenvalue weighted by molar-refractivity contribution is 7.10. The van der Waals surface area contributed by atoms with Gasteiger partial charge in [0.2, 0.25) is 0 Å². The molecule has 0 aliphatic rings. The Morgan fingerprint density at radius 1 is 1.59 bits per heavy atom. The first kappa shape index (κ1) is 11.5. The Morgan fingerprint density at radius 3 is 3.12 bits per heavy atom. The summed E-state index contributed by atoms with van der Waals surface area (Å²) in [6.07, 6.45) is 1.69. The van der Waals surface area contributed by atoms with Gasteiger partial charge in [0.15, 0.2) is 5.82 Å². The summed E-state index contributed by atoms with van der Waals surface area (Å²) in [5.74, 6) is 0.849. The quantitative estimate of drug-likeness (QED) is 0.888. The summed E-state index contributed by atoms with van der Waals surface area (Å²) in [4.78, 5) is 0. The number of aromatic nitrogens is 4. The van der Waals surface area contributed by atoms with Crippen LogP contribution in [-0.4, -0.2) is 19.1 Å². The van der Waals surface area contributed by atoms with Crippen LogP contribution in [-0.2, 0) is 13.1 Å². The molecule has 0 amide bonds. The zero-order chi connectivity index (χ0) is 12.3. The predicted octanol–water partition coefficient (Wildman–Crippen LogP) is 1.55. The van der Waals surface area contributed by atoms with Crippen LogP contribution in [0, 0.1) is 18.3 Å². The molecule has 0 saturated carbocycles.